The van der Waals surface area contributed by atoms with Gasteiger partial charge in [0.05, 0.1) is 13.2 Å². The van der Waals surface area contributed by atoms with Gasteiger partial charge < -0.3 is 10.1 Å². The molecule has 1 aromatic heterocycles. The van der Waals surface area contributed by atoms with Crippen molar-refractivity contribution in [1.82, 2.24) is 5.32 Å². The SMILES string of the molecule is CCc1ccc(CC)c(C(NC)c2cc(OC)cs2)c1. The van der Waals surface area contributed by atoms with Crippen LogP contribution in [0, 0.1) is 0 Å². The Morgan fingerprint density at radius 2 is 2.00 bits per heavy atom. The number of hydrogen-bond donors (Lipinski definition) is 1. The Labute approximate surface area is 125 Å². The third kappa shape index (κ3) is 3.05. The van der Waals surface area contributed by atoms with Crippen molar-refractivity contribution in [3.05, 3.63) is 51.2 Å². The number of hydrogen-bond acceptors (Lipinski definition) is 3. The maximum Gasteiger partial charge on any atom is 0.129 e. The molecular formula is C17H23NOS. The fourth-order valence-electron chi connectivity index (χ4n) is 2.50. The summed E-state index contributed by atoms with van der Waals surface area (Å²) in [5.74, 6) is 0.940. The van der Waals surface area contributed by atoms with Gasteiger partial charge in [-0.1, -0.05) is 32.0 Å². The molecule has 2 aromatic rings. The molecule has 20 heavy (non-hydrogen) atoms. The first-order valence-electron chi connectivity index (χ1n) is 7.14. The molecule has 2 nitrogen and oxygen atoms in total. The molecule has 1 atom stereocenters. The summed E-state index contributed by atoms with van der Waals surface area (Å²) < 4.78 is 5.31. The smallest absolute Gasteiger partial charge is 0.129 e. The van der Waals surface area contributed by atoms with E-state index in [0.29, 0.717) is 0 Å². The molecule has 0 radical (unpaired) electrons. The molecule has 1 aromatic carbocycles. The molecule has 2 rings (SSSR count). The number of rotatable bonds is 6. The van der Waals surface area contributed by atoms with Crippen molar-refractivity contribution in [3.8, 4) is 5.75 Å². The Hall–Kier alpha value is -1.32. The second-order valence-electron chi connectivity index (χ2n) is 4.85. The first kappa shape index (κ1) is 15.1. The molecule has 0 aliphatic rings. The predicted octanol–water partition coefficient (Wildman–Crippen LogP) is 4.19. The van der Waals surface area contributed by atoms with Crippen molar-refractivity contribution in [3.63, 3.8) is 0 Å². The van der Waals surface area contributed by atoms with Crippen molar-refractivity contribution in [2.24, 2.45) is 0 Å². The third-order valence-corrected chi connectivity index (χ3v) is 4.69. The van der Waals surface area contributed by atoms with Crippen LogP contribution in [0.4, 0.5) is 0 Å². The van der Waals surface area contributed by atoms with Gasteiger partial charge in [0.2, 0.25) is 0 Å². The van der Waals surface area contributed by atoms with E-state index in [2.05, 4.69) is 48.8 Å². The first-order valence-corrected chi connectivity index (χ1v) is 8.02. The molecule has 3 heteroatoms. The highest BCUT2D eigenvalue weighted by molar-refractivity contribution is 7.10. The lowest BCUT2D eigenvalue weighted by Crippen LogP contribution is -2.18. The van der Waals surface area contributed by atoms with Crippen LogP contribution in [0.15, 0.2) is 29.6 Å². The van der Waals surface area contributed by atoms with Gasteiger partial charge in [-0.15, -0.1) is 11.3 Å². The summed E-state index contributed by atoms with van der Waals surface area (Å²) in [4.78, 5) is 1.30. The minimum Gasteiger partial charge on any atom is -0.496 e. The lowest BCUT2D eigenvalue weighted by Gasteiger charge is -2.19. The van der Waals surface area contributed by atoms with Gasteiger partial charge in [-0.3, -0.25) is 0 Å². The Balaban J connectivity index is 2.44. The van der Waals surface area contributed by atoms with Gasteiger partial charge in [-0.2, -0.15) is 0 Å². The van der Waals surface area contributed by atoms with Crippen molar-refractivity contribution in [2.75, 3.05) is 14.2 Å². The van der Waals surface area contributed by atoms with E-state index in [0.717, 1.165) is 18.6 Å². The highest BCUT2D eigenvalue weighted by Crippen LogP contribution is 2.33. The largest absolute Gasteiger partial charge is 0.496 e. The molecule has 1 N–H and O–H groups in total. The Morgan fingerprint density at radius 1 is 1.20 bits per heavy atom. The van der Waals surface area contributed by atoms with E-state index in [1.54, 1.807) is 18.4 Å². The summed E-state index contributed by atoms with van der Waals surface area (Å²) in [6, 6.07) is 9.22. The van der Waals surface area contributed by atoms with Crippen LogP contribution in [0.25, 0.3) is 0 Å². The number of methoxy groups -OCH3 is 1. The minimum absolute atomic E-state index is 0.241. The highest BCUT2D eigenvalue weighted by atomic mass is 32.1. The summed E-state index contributed by atoms with van der Waals surface area (Å²) in [5, 5.41) is 5.52. The normalized spacial score (nSPS) is 12.4. The van der Waals surface area contributed by atoms with E-state index in [-0.39, 0.29) is 6.04 Å². The predicted molar refractivity (Wildman–Crippen MR) is 87.0 cm³/mol. The standard InChI is InChI=1S/C17H23NOS/c1-5-12-7-8-13(6-2)15(9-12)17(18-3)16-10-14(19-4)11-20-16/h7-11,17-18H,5-6H2,1-4H3. The van der Waals surface area contributed by atoms with E-state index in [9.17, 15) is 0 Å². The zero-order valence-corrected chi connectivity index (χ0v) is 13.5. The van der Waals surface area contributed by atoms with Crippen LogP contribution < -0.4 is 10.1 Å². The zero-order valence-electron chi connectivity index (χ0n) is 12.7. The summed E-state index contributed by atoms with van der Waals surface area (Å²) >= 11 is 1.75. The molecule has 0 saturated heterocycles. The third-order valence-electron chi connectivity index (χ3n) is 3.72. The van der Waals surface area contributed by atoms with E-state index in [1.165, 1.54) is 21.6 Å². The van der Waals surface area contributed by atoms with E-state index >= 15 is 0 Å². The van der Waals surface area contributed by atoms with Crippen LogP contribution in [0.2, 0.25) is 0 Å². The van der Waals surface area contributed by atoms with Crippen LogP contribution in [0.5, 0.6) is 5.75 Å². The van der Waals surface area contributed by atoms with Gasteiger partial charge >= 0.3 is 0 Å². The van der Waals surface area contributed by atoms with Gasteiger partial charge in [0.15, 0.2) is 0 Å². The fourth-order valence-corrected chi connectivity index (χ4v) is 3.48. The Morgan fingerprint density at radius 3 is 2.55 bits per heavy atom. The van der Waals surface area contributed by atoms with Gasteiger partial charge in [0.1, 0.15) is 5.75 Å². The summed E-state index contributed by atoms with van der Waals surface area (Å²) in [7, 11) is 3.74. The molecule has 0 bridgehead atoms. The van der Waals surface area contributed by atoms with Crippen LogP contribution in [0.1, 0.15) is 41.5 Å². The number of thiophene rings is 1. The lowest BCUT2D eigenvalue weighted by molar-refractivity contribution is 0.416. The van der Waals surface area contributed by atoms with E-state index in [1.807, 2.05) is 7.05 Å². The van der Waals surface area contributed by atoms with E-state index in [4.69, 9.17) is 4.74 Å². The lowest BCUT2D eigenvalue weighted by atomic mass is 9.94. The average molecular weight is 289 g/mol. The summed E-state index contributed by atoms with van der Waals surface area (Å²) in [6.07, 6.45) is 2.13. The molecule has 1 unspecified atom stereocenters. The minimum atomic E-state index is 0.241. The number of nitrogens with one attached hydrogen (secondary N) is 1. The molecule has 0 amide bonds. The van der Waals surface area contributed by atoms with Gasteiger partial charge in [0, 0.05) is 10.3 Å². The summed E-state index contributed by atoms with van der Waals surface area (Å²) in [6.45, 7) is 4.42. The van der Waals surface area contributed by atoms with Crippen molar-refractivity contribution in [2.45, 2.75) is 32.7 Å². The molecule has 0 aliphatic carbocycles. The van der Waals surface area contributed by atoms with Crippen LogP contribution in [-0.4, -0.2) is 14.2 Å². The second kappa shape index (κ2) is 6.91. The van der Waals surface area contributed by atoms with Crippen molar-refractivity contribution >= 4 is 11.3 Å². The maximum atomic E-state index is 5.31. The monoisotopic (exact) mass is 289 g/mol. The summed E-state index contributed by atoms with van der Waals surface area (Å²) in [5.41, 5.74) is 4.19. The molecule has 108 valence electrons. The number of ether oxygens (including phenoxy) is 1. The van der Waals surface area contributed by atoms with Crippen LogP contribution in [-0.2, 0) is 12.8 Å². The van der Waals surface area contributed by atoms with E-state index < -0.39 is 0 Å². The molecule has 0 spiro atoms. The average Bonchev–Trinajstić information content (AvgIpc) is 2.96. The van der Waals surface area contributed by atoms with Crippen LogP contribution >= 0.6 is 11.3 Å². The Kier molecular flexibility index (Phi) is 5.21. The van der Waals surface area contributed by atoms with Crippen LogP contribution in [0.3, 0.4) is 0 Å². The van der Waals surface area contributed by atoms with Crippen molar-refractivity contribution < 1.29 is 4.74 Å². The fraction of sp³-hybridized carbons (Fsp3) is 0.412. The second-order valence-corrected chi connectivity index (χ2v) is 5.79. The molecule has 0 fully saturated rings. The number of aryl methyl sites for hydroxylation is 2. The first-order chi connectivity index (χ1) is 9.73. The Bertz CT molecular complexity index is 562. The number of benzene rings is 1. The van der Waals surface area contributed by atoms with Gasteiger partial charge in [-0.25, -0.2) is 0 Å². The van der Waals surface area contributed by atoms with Crippen molar-refractivity contribution in [1.29, 1.82) is 0 Å². The zero-order chi connectivity index (χ0) is 14.5. The molecule has 1 heterocycles. The topological polar surface area (TPSA) is 21.3 Å². The molecule has 0 aliphatic heterocycles. The van der Waals surface area contributed by atoms with Gasteiger partial charge in [-0.05, 0) is 42.6 Å². The molecular weight excluding hydrogens is 266 g/mol. The quantitative estimate of drug-likeness (QED) is 0.861. The molecule has 0 saturated carbocycles. The van der Waals surface area contributed by atoms with Gasteiger partial charge in [0.25, 0.3) is 0 Å². The highest BCUT2D eigenvalue weighted by Gasteiger charge is 2.17. The maximum absolute atomic E-state index is 5.31.